The Morgan fingerprint density at radius 3 is 2.50 bits per heavy atom. The van der Waals surface area contributed by atoms with Crippen molar-refractivity contribution >= 4 is 21.7 Å². The number of hydrogen-bond donors (Lipinski definition) is 2. The molecule has 6 nitrogen and oxygen atoms in total. The standard InChI is InChI=1S/C15H21NO5S/c1-3-8-22(20,21)13-7-5-4-6-12(13)15(19)16-10-11(2)9-14(17)18/h4-7,11H,3,8-10H2,1-2H3,(H,16,19)(H,17,18). The molecule has 0 saturated heterocycles. The molecule has 0 heterocycles. The zero-order chi connectivity index (χ0) is 16.8. The van der Waals surface area contributed by atoms with Gasteiger partial charge in [0.05, 0.1) is 16.2 Å². The molecule has 122 valence electrons. The second-order valence-electron chi connectivity index (χ2n) is 5.23. The molecule has 0 aliphatic rings. The number of carbonyl (C=O) groups excluding carboxylic acids is 1. The Bertz CT molecular complexity index is 639. The largest absolute Gasteiger partial charge is 0.481 e. The van der Waals surface area contributed by atoms with Gasteiger partial charge in [-0.3, -0.25) is 9.59 Å². The third-order valence-corrected chi connectivity index (χ3v) is 5.05. The Balaban J connectivity index is 2.89. The maximum Gasteiger partial charge on any atom is 0.303 e. The van der Waals surface area contributed by atoms with Crippen LogP contribution in [-0.4, -0.2) is 37.7 Å². The molecule has 0 bridgehead atoms. The molecule has 0 spiro atoms. The summed E-state index contributed by atoms with van der Waals surface area (Å²) in [5, 5.41) is 11.3. The quantitative estimate of drug-likeness (QED) is 0.757. The lowest BCUT2D eigenvalue weighted by molar-refractivity contribution is -0.137. The number of aliphatic carboxylic acids is 1. The second kappa shape index (κ2) is 7.93. The SMILES string of the molecule is CCCS(=O)(=O)c1ccccc1C(=O)NCC(C)CC(=O)O. The normalized spacial score (nSPS) is 12.6. The predicted octanol–water partition coefficient (Wildman–Crippen LogP) is 1.71. The van der Waals surface area contributed by atoms with Gasteiger partial charge in [0.15, 0.2) is 9.84 Å². The number of rotatable bonds is 8. The minimum atomic E-state index is -3.50. The molecule has 1 aromatic rings. The Morgan fingerprint density at radius 1 is 1.27 bits per heavy atom. The lowest BCUT2D eigenvalue weighted by Gasteiger charge is -2.13. The van der Waals surface area contributed by atoms with E-state index in [2.05, 4.69) is 5.32 Å². The molecule has 0 saturated carbocycles. The molecule has 0 aliphatic heterocycles. The minimum Gasteiger partial charge on any atom is -0.481 e. The smallest absolute Gasteiger partial charge is 0.303 e. The van der Waals surface area contributed by atoms with Crippen molar-refractivity contribution in [2.24, 2.45) is 5.92 Å². The molecule has 0 aromatic heterocycles. The van der Waals surface area contributed by atoms with E-state index in [9.17, 15) is 18.0 Å². The van der Waals surface area contributed by atoms with Gasteiger partial charge in [-0.2, -0.15) is 0 Å². The first-order valence-corrected chi connectivity index (χ1v) is 8.75. The summed E-state index contributed by atoms with van der Waals surface area (Å²) >= 11 is 0. The maximum atomic E-state index is 12.2. The van der Waals surface area contributed by atoms with Crippen LogP contribution in [0.3, 0.4) is 0 Å². The summed E-state index contributed by atoms with van der Waals surface area (Å²) < 4.78 is 24.4. The highest BCUT2D eigenvalue weighted by atomic mass is 32.2. The number of sulfone groups is 1. The maximum absolute atomic E-state index is 12.2. The number of nitrogens with one attached hydrogen (secondary N) is 1. The summed E-state index contributed by atoms with van der Waals surface area (Å²) in [4.78, 5) is 22.8. The van der Waals surface area contributed by atoms with Crippen LogP contribution in [0.4, 0.5) is 0 Å². The number of hydrogen-bond acceptors (Lipinski definition) is 4. The van der Waals surface area contributed by atoms with Gasteiger partial charge in [0.2, 0.25) is 0 Å². The fourth-order valence-corrected chi connectivity index (χ4v) is 3.58. The van der Waals surface area contributed by atoms with E-state index in [1.54, 1.807) is 26.0 Å². The summed E-state index contributed by atoms with van der Waals surface area (Å²) in [6.07, 6.45) is 0.407. The van der Waals surface area contributed by atoms with Crippen molar-refractivity contribution in [1.29, 1.82) is 0 Å². The zero-order valence-electron chi connectivity index (χ0n) is 12.7. The Kier molecular flexibility index (Phi) is 6.55. The lowest BCUT2D eigenvalue weighted by atomic mass is 10.1. The molecule has 1 rings (SSSR count). The number of carboxylic acids is 1. The van der Waals surface area contributed by atoms with E-state index in [0.29, 0.717) is 6.42 Å². The lowest BCUT2D eigenvalue weighted by Crippen LogP contribution is -2.30. The van der Waals surface area contributed by atoms with Gasteiger partial charge in [0.1, 0.15) is 0 Å². The first kappa shape index (κ1) is 18.2. The summed E-state index contributed by atoms with van der Waals surface area (Å²) in [6, 6.07) is 6.05. The Labute approximate surface area is 130 Å². The van der Waals surface area contributed by atoms with Crippen LogP contribution in [0, 0.1) is 5.92 Å². The van der Waals surface area contributed by atoms with Gasteiger partial charge in [-0.15, -0.1) is 0 Å². The van der Waals surface area contributed by atoms with E-state index in [-0.39, 0.29) is 35.1 Å². The van der Waals surface area contributed by atoms with E-state index in [0.717, 1.165) is 0 Å². The van der Waals surface area contributed by atoms with Crippen molar-refractivity contribution in [3.8, 4) is 0 Å². The third kappa shape index (κ3) is 5.14. The van der Waals surface area contributed by atoms with Crippen LogP contribution in [-0.2, 0) is 14.6 Å². The number of carboxylic acid groups (broad SMARTS) is 1. The predicted molar refractivity (Wildman–Crippen MR) is 82.5 cm³/mol. The van der Waals surface area contributed by atoms with E-state index in [4.69, 9.17) is 5.11 Å². The van der Waals surface area contributed by atoms with E-state index < -0.39 is 21.7 Å². The van der Waals surface area contributed by atoms with Crippen molar-refractivity contribution in [2.75, 3.05) is 12.3 Å². The van der Waals surface area contributed by atoms with Gasteiger partial charge < -0.3 is 10.4 Å². The average molecular weight is 327 g/mol. The van der Waals surface area contributed by atoms with E-state index >= 15 is 0 Å². The molecule has 1 atom stereocenters. The first-order valence-electron chi connectivity index (χ1n) is 7.09. The van der Waals surface area contributed by atoms with Crippen molar-refractivity contribution in [2.45, 2.75) is 31.6 Å². The molecule has 0 fully saturated rings. The highest BCUT2D eigenvalue weighted by molar-refractivity contribution is 7.91. The first-order chi connectivity index (χ1) is 10.3. The molecule has 7 heteroatoms. The molecule has 2 N–H and O–H groups in total. The summed E-state index contributed by atoms with van der Waals surface area (Å²) in [6.45, 7) is 3.63. The fraction of sp³-hybridized carbons (Fsp3) is 0.467. The molecule has 22 heavy (non-hydrogen) atoms. The molecule has 0 aliphatic carbocycles. The van der Waals surface area contributed by atoms with Crippen LogP contribution < -0.4 is 5.32 Å². The van der Waals surface area contributed by atoms with Gasteiger partial charge in [-0.1, -0.05) is 26.0 Å². The number of benzene rings is 1. The van der Waals surface area contributed by atoms with Crippen molar-refractivity contribution in [3.63, 3.8) is 0 Å². The van der Waals surface area contributed by atoms with Crippen LogP contribution in [0.2, 0.25) is 0 Å². The van der Waals surface area contributed by atoms with Gasteiger partial charge >= 0.3 is 5.97 Å². The second-order valence-corrected chi connectivity index (χ2v) is 7.31. The number of carbonyl (C=O) groups is 2. The van der Waals surface area contributed by atoms with Gasteiger partial charge in [-0.05, 0) is 24.5 Å². The highest BCUT2D eigenvalue weighted by Crippen LogP contribution is 2.18. The van der Waals surface area contributed by atoms with Gasteiger partial charge in [-0.25, -0.2) is 8.42 Å². The molecule has 1 aromatic carbocycles. The van der Waals surface area contributed by atoms with E-state index in [1.165, 1.54) is 12.1 Å². The van der Waals surface area contributed by atoms with Crippen molar-refractivity contribution in [3.05, 3.63) is 29.8 Å². The molecular formula is C15H21NO5S. The van der Waals surface area contributed by atoms with Crippen LogP contribution in [0.15, 0.2) is 29.2 Å². The summed E-state index contributed by atoms with van der Waals surface area (Å²) in [5.74, 6) is -1.70. The molecule has 1 unspecified atom stereocenters. The van der Waals surface area contributed by atoms with Crippen LogP contribution >= 0.6 is 0 Å². The molecule has 0 radical (unpaired) electrons. The third-order valence-electron chi connectivity index (χ3n) is 3.07. The zero-order valence-corrected chi connectivity index (χ0v) is 13.5. The van der Waals surface area contributed by atoms with Gasteiger partial charge in [0, 0.05) is 13.0 Å². The van der Waals surface area contributed by atoms with Gasteiger partial charge in [0.25, 0.3) is 5.91 Å². The Morgan fingerprint density at radius 2 is 1.91 bits per heavy atom. The summed E-state index contributed by atoms with van der Waals surface area (Å²) in [7, 11) is -3.50. The minimum absolute atomic E-state index is 0.0141. The number of amides is 1. The molecule has 1 amide bonds. The topological polar surface area (TPSA) is 101 Å². The van der Waals surface area contributed by atoms with Crippen LogP contribution in [0.5, 0.6) is 0 Å². The van der Waals surface area contributed by atoms with Crippen LogP contribution in [0.1, 0.15) is 37.0 Å². The Hall–Kier alpha value is -1.89. The molecular weight excluding hydrogens is 306 g/mol. The fourth-order valence-electron chi connectivity index (χ4n) is 2.04. The highest BCUT2D eigenvalue weighted by Gasteiger charge is 2.21. The van der Waals surface area contributed by atoms with Crippen molar-refractivity contribution in [1.82, 2.24) is 5.32 Å². The van der Waals surface area contributed by atoms with Crippen molar-refractivity contribution < 1.29 is 23.1 Å². The monoisotopic (exact) mass is 327 g/mol. The summed E-state index contributed by atoms with van der Waals surface area (Å²) in [5.41, 5.74) is 0.0958. The van der Waals surface area contributed by atoms with E-state index in [1.807, 2.05) is 0 Å². The average Bonchev–Trinajstić information content (AvgIpc) is 2.44. The van der Waals surface area contributed by atoms with Crippen LogP contribution in [0.25, 0.3) is 0 Å².